The van der Waals surface area contributed by atoms with Gasteiger partial charge in [0.15, 0.2) is 5.76 Å². The van der Waals surface area contributed by atoms with Gasteiger partial charge in [0.05, 0.1) is 48.5 Å². The van der Waals surface area contributed by atoms with Gasteiger partial charge in [-0.1, -0.05) is 99.8 Å². The van der Waals surface area contributed by atoms with E-state index in [1.54, 1.807) is 101 Å². The number of hydroxylamine groups is 2. The van der Waals surface area contributed by atoms with Gasteiger partial charge in [-0.15, -0.1) is 0 Å². The Balaban J connectivity index is 1.24. The van der Waals surface area contributed by atoms with Gasteiger partial charge in [0, 0.05) is 11.8 Å². The Morgan fingerprint density at radius 3 is 2.13 bits per heavy atom. The number of hydrogen-bond donors (Lipinski definition) is 3. The molecule has 5 aromatic rings. The Labute approximate surface area is 401 Å². The lowest BCUT2D eigenvalue weighted by Crippen LogP contribution is -2.49. The number of aromatic nitrogens is 1. The van der Waals surface area contributed by atoms with Crippen molar-refractivity contribution in [1.82, 2.24) is 26.0 Å². The van der Waals surface area contributed by atoms with Crippen molar-refractivity contribution in [2.45, 2.75) is 98.4 Å². The van der Waals surface area contributed by atoms with E-state index in [1.807, 2.05) is 19.1 Å². The van der Waals surface area contributed by atoms with Gasteiger partial charge in [0.1, 0.15) is 30.8 Å². The minimum atomic E-state index is -1.41. The van der Waals surface area contributed by atoms with E-state index in [1.165, 1.54) is 18.2 Å². The van der Waals surface area contributed by atoms with Gasteiger partial charge >= 0.3 is 17.9 Å². The van der Waals surface area contributed by atoms with E-state index < -0.39 is 60.1 Å². The van der Waals surface area contributed by atoms with Crippen LogP contribution in [0.15, 0.2) is 108 Å². The summed E-state index contributed by atoms with van der Waals surface area (Å²) in [6.45, 7) is 8.69. The second-order valence-corrected chi connectivity index (χ2v) is 16.0. The first-order valence-corrected chi connectivity index (χ1v) is 22.9. The largest absolute Gasteiger partial charge is 0.493 e. The monoisotopic (exact) mass is 945 g/mol. The first-order valence-electron chi connectivity index (χ1n) is 22.9. The zero-order valence-electron chi connectivity index (χ0n) is 39.5. The van der Waals surface area contributed by atoms with Gasteiger partial charge in [-0.25, -0.2) is 9.59 Å². The molecule has 0 saturated heterocycles. The summed E-state index contributed by atoms with van der Waals surface area (Å²) >= 11 is 0. The van der Waals surface area contributed by atoms with E-state index in [0.717, 1.165) is 23.5 Å². The molecule has 0 saturated carbocycles. The fourth-order valence-electron chi connectivity index (χ4n) is 7.47. The van der Waals surface area contributed by atoms with Crippen LogP contribution in [0.4, 0.5) is 0 Å². The molecule has 0 spiro atoms. The van der Waals surface area contributed by atoms with Gasteiger partial charge in [-0.05, 0) is 80.6 Å². The molecular weight excluding hydrogens is 887 g/mol. The number of furan rings is 1. The Hall–Kier alpha value is -7.82. The van der Waals surface area contributed by atoms with Crippen molar-refractivity contribution < 1.29 is 57.0 Å². The van der Waals surface area contributed by atoms with Crippen LogP contribution in [0.1, 0.15) is 113 Å². The molecule has 3 aromatic carbocycles. The summed E-state index contributed by atoms with van der Waals surface area (Å²) in [6.07, 6.45) is 4.51. The molecule has 5 rings (SSSR count). The van der Waals surface area contributed by atoms with E-state index in [2.05, 4.69) is 20.9 Å². The fraction of sp³-hybridized carbons (Fsp3) is 0.346. The number of pyridine rings is 1. The summed E-state index contributed by atoms with van der Waals surface area (Å²) in [7, 11) is 0. The lowest BCUT2D eigenvalue weighted by Gasteiger charge is -2.32. The Kier molecular flexibility index (Phi) is 20.0. The Bertz CT molecular complexity index is 2510. The van der Waals surface area contributed by atoms with Gasteiger partial charge in [0.2, 0.25) is 12.3 Å². The fourth-order valence-corrected chi connectivity index (χ4v) is 7.47. The molecule has 2 aromatic heterocycles. The number of carbonyl (C=O) groups excluding carboxylic acids is 7. The number of rotatable bonds is 26. The molecule has 0 aliphatic heterocycles. The maximum Gasteiger partial charge on any atom is 0.365 e. The predicted octanol–water partition coefficient (Wildman–Crippen LogP) is 7.34. The second-order valence-electron chi connectivity index (χ2n) is 16.0. The molecule has 364 valence electrons. The third-order valence-electron chi connectivity index (χ3n) is 11.1. The molecule has 0 fully saturated rings. The van der Waals surface area contributed by atoms with Crippen LogP contribution in [0.3, 0.4) is 0 Å². The molecule has 3 N–H and O–H groups in total. The summed E-state index contributed by atoms with van der Waals surface area (Å²) in [5.74, 6) is -4.65. The molecule has 0 aliphatic rings. The quantitative estimate of drug-likeness (QED) is 0.0163. The number of carbonyl (C=O) groups is 7. The first-order chi connectivity index (χ1) is 33.4. The summed E-state index contributed by atoms with van der Waals surface area (Å²) in [5, 5.41) is 8.86. The van der Waals surface area contributed by atoms with Gasteiger partial charge in [-0.2, -0.15) is 5.06 Å². The van der Waals surface area contributed by atoms with Gasteiger partial charge in [-0.3, -0.25) is 29.0 Å². The summed E-state index contributed by atoms with van der Waals surface area (Å²) in [4.78, 5) is 102. The topological polar surface area (TPSA) is 222 Å². The maximum atomic E-state index is 13.8. The van der Waals surface area contributed by atoms with Crippen LogP contribution in [-0.4, -0.2) is 77.4 Å². The van der Waals surface area contributed by atoms with E-state index in [0.29, 0.717) is 41.6 Å². The number of ether oxygens (including phenoxy) is 3. The molecule has 3 atom stereocenters. The molecule has 69 heavy (non-hydrogen) atoms. The van der Waals surface area contributed by atoms with Crippen molar-refractivity contribution >= 4 is 42.0 Å². The predicted molar refractivity (Wildman–Crippen MR) is 253 cm³/mol. The molecule has 2 heterocycles. The molecular formula is C52H59N5O12. The molecule has 0 unspecified atom stereocenters. The summed E-state index contributed by atoms with van der Waals surface area (Å²) in [6, 6.07) is 25.0. The minimum absolute atomic E-state index is 0.0288. The Morgan fingerprint density at radius 2 is 1.49 bits per heavy atom. The van der Waals surface area contributed by atoms with Crippen LogP contribution in [0.25, 0.3) is 11.3 Å². The number of benzene rings is 3. The maximum absolute atomic E-state index is 13.8. The number of hydrogen-bond acceptors (Lipinski definition) is 13. The highest BCUT2D eigenvalue weighted by Gasteiger charge is 2.34. The summed E-state index contributed by atoms with van der Waals surface area (Å²) < 4.78 is 22.6. The average molecular weight is 946 g/mol. The van der Waals surface area contributed by atoms with Crippen molar-refractivity contribution in [2.24, 2.45) is 5.92 Å². The van der Waals surface area contributed by atoms with Crippen LogP contribution in [0.5, 0.6) is 5.75 Å². The van der Waals surface area contributed by atoms with E-state index in [4.69, 9.17) is 23.5 Å². The van der Waals surface area contributed by atoms with Crippen molar-refractivity contribution in [3.63, 3.8) is 0 Å². The third kappa shape index (κ3) is 15.1. The smallest absolute Gasteiger partial charge is 0.365 e. The van der Waals surface area contributed by atoms with Crippen LogP contribution < -0.4 is 20.7 Å². The number of aryl methyl sites for hydroxylation is 2. The van der Waals surface area contributed by atoms with E-state index in [-0.39, 0.29) is 61.3 Å². The van der Waals surface area contributed by atoms with E-state index in [9.17, 15) is 33.6 Å². The van der Waals surface area contributed by atoms with Crippen LogP contribution in [0.2, 0.25) is 0 Å². The van der Waals surface area contributed by atoms with Crippen LogP contribution in [-0.2, 0) is 46.7 Å². The lowest BCUT2D eigenvalue weighted by atomic mass is 9.90. The van der Waals surface area contributed by atoms with Gasteiger partial charge in [0.25, 0.3) is 11.8 Å². The highest BCUT2D eigenvalue weighted by molar-refractivity contribution is 6.00. The normalized spacial score (nSPS) is 12.1. The first kappa shape index (κ1) is 52.2. The number of nitrogens with one attached hydrogen (secondary N) is 3. The highest BCUT2D eigenvalue weighted by Crippen LogP contribution is 2.30. The standard InChI is InChI=1S/C52H59N5O12/c1-6-9-12-21-39(42(7-2)57(33-58)69-52(64)47-34(4)26-27-53-35(47)5)48(60)54-32-55-50(62)44-25-24-43(68-44)38-22-23-40(45(28-38)65-8-3)49(61)56-41(51(63)67-31-37-19-15-11-16-20-37)29-46(59)66-30-36-17-13-10-14-18-36/h10-11,13-20,22-28,33,39,41-42H,6-9,12,21,29-32H2,1-5H3,(H,54,60)(H,55,62)(H,56,61)/t39-,41+,42-/m1/s1. The zero-order valence-corrected chi connectivity index (χ0v) is 39.5. The molecule has 17 nitrogen and oxygen atoms in total. The number of esters is 2. The zero-order chi connectivity index (χ0) is 49.7. The van der Waals surface area contributed by atoms with Crippen LogP contribution in [0, 0.1) is 19.8 Å². The van der Waals surface area contributed by atoms with Crippen molar-refractivity contribution in [3.05, 3.63) is 143 Å². The number of amides is 4. The minimum Gasteiger partial charge on any atom is -0.493 e. The second kappa shape index (κ2) is 26.5. The average Bonchev–Trinajstić information content (AvgIpc) is 3.86. The van der Waals surface area contributed by atoms with Crippen molar-refractivity contribution in [2.75, 3.05) is 13.3 Å². The van der Waals surface area contributed by atoms with Crippen molar-refractivity contribution in [1.29, 1.82) is 0 Å². The molecule has 0 aliphatic carbocycles. The SMILES string of the molecule is CCCCC[C@@H](C(=O)NCNC(=O)c1ccc(-c2ccc(C(=O)N[C@@H](CC(=O)OCc3ccccc3)C(=O)OCc3ccccc3)c(OCC)c2)o1)[C@@H](CC)N(C=O)OC(=O)c1c(C)ccnc1C. The highest BCUT2D eigenvalue weighted by atomic mass is 16.7. The van der Waals surface area contributed by atoms with Crippen molar-refractivity contribution in [3.8, 4) is 17.1 Å². The van der Waals surface area contributed by atoms with E-state index >= 15 is 0 Å². The Morgan fingerprint density at radius 1 is 0.797 bits per heavy atom. The lowest BCUT2D eigenvalue weighted by molar-refractivity contribution is -0.171. The molecule has 0 bridgehead atoms. The molecule has 17 heteroatoms. The molecule has 4 amide bonds. The number of nitrogens with zero attached hydrogens (tertiary/aromatic N) is 2. The number of unbranched alkanes of at least 4 members (excludes halogenated alkanes) is 2. The summed E-state index contributed by atoms with van der Waals surface area (Å²) in [5.41, 5.74) is 3.24. The molecule has 0 radical (unpaired) electrons. The van der Waals surface area contributed by atoms with Crippen LogP contribution >= 0.6 is 0 Å². The third-order valence-corrected chi connectivity index (χ3v) is 11.1. The van der Waals surface area contributed by atoms with Gasteiger partial charge < -0.3 is 39.4 Å².